The third kappa shape index (κ3) is 6.00. The average molecular weight is 439 g/mol. The van der Waals surface area contributed by atoms with E-state index in [1.165, 1.54) is 18.2 Å². The zero-order valence-corrected chi connectivity index (χ0v) is 18.0. The minimum Gasteiger partial charge on any atom is -0.361 e. The maximum atomic E-state index is 12.3. The number of nitro groups is 1. The zero-order chi connectivity index (χ0) is 22.1. The van der Waals surface area contributed by atoms with E-state index in [0.29, 0.717) is 12.5 Å². The molecule has 0 aliphatic carbocycles. The topological polar surface area (TPSA) is 152 Å². The Morgan fingerprint density at radius 1 is 1.23 bits per heavy atom. The molecule has 0 saturated carbocycles. The van der Waals surface area contributed by atoms with Crippen LogP contribution in [0.15, 0.2) is 38.7 Å². The molecule has 0 radical (unpaired) electrons. The van der Waals surface area contributed by atoms with E-state index >= 15 is 0 Å². The van der Waals surface area contributed by atoms with Crippen molar-refractivity contribution in [2.75, 3.05) is 20.1 Å². The number of benzene rings is 1. The van der Waals surface area contributed by atoms with Crippen LogP contribution in [0.2, 0.25) is 0 Å². The van der Waals surface area contributed by atoms with Crippen LogP contribution in [0.25, 0.3) is 0 Å². The quantitative estimate of drug-likeness (QED) is 0.165. The third-order valence-corrected chi connectivity index (χ3v) is 5.77. The smallest absolute Gasteiger partial charge is 0.270 e. The van der Waals surface area contributed by atoms with Crippen LogP contribution in [0.5, 0.6) is 0 Å². The normalized spacial score (nSPS) is 12.0. The molecule has 1 aromatic heterocycles. The Balaban J connectivity index is 1.87. The number of aromatic nitrogens is 1. The fraction of sp³-hybridized carbons (Fsp3) is 0.444. The Morgan fingerprint density at radius 3 is 2.63 bits per heavy atom. The third-order valence-electron chi connectivity index (χ3n) is 4.31. The number of aryl methyl sites for hydroxylation is 2. The van der Waals surface area contributed by atoms with Crippen LogP contribution < -0.4 is 15.4 Å². The minimum atomic E-state index is -3.86. The lowest BCUT2D eigenvalue weighted by Gasteiger charge is -2.13. The van der Waals surface area contributed by atoms with Crippen molar-refractivity contribution in [3.05, 3.63) is 51.4 Å². The molecule has 30 heavy (non-hydrogen) atoms. The number of nitrogens with zero attached hydrogens (tertiary/aromatic N) is 3. The molecule has 0 atom stereocenters. The Morgan fingerprint density at radius 2 is 2.00 bits per heavy atom. The van der Waals surface area contributed by atoms with Crippen molar-refractivity contribution in [1.82, 2.24) is 20.5 Å². The minimum absolute atomic E-state index is 0.0689. The highest BCUT2D eigenvalue weighted by atomic mass is 32.2. The maximum absolute atomic E-state index is 12.3. The van der Waals surface area contributed by atoms with Crippen molar-refractivity contribution in [3.8, 4) is 0 Å². The number of non-ortho nitro benzene ring substituents is 1. The van der Waals surface area contributed by atoms with Gasteiger partial charge in [-0.2, -0.15) is 0 Å². The predicted octanol–water partition coefficient (Wildman–Crippen LogP) is 1.35. The monoisotopic (exact) mass is 438 g/mol. The molecule has 0 bridgehead atoms. The highest BCUT2D eigenvalue weighted by Crippen LogP contribution is 2.17. The summed E-state index contributed by atoms with van der Waals surface area (Å²) < 4.78 is 32.4. The summed E-state index contributed by atoms with van der Waals surface area (Å²) >= 11 is 0. The summed E-state index contributed by atoms with van der Waals surface area (Å²) in [5, 5.41) is 21.1. The van der Waals surface area contributed by atoms with Gasteiger partial charge in [0.1, 0.15) is 5.76 Å². The molecule has 0 amide bonds. The molecule has 0 saturated heterocycles. The van der Waals surface area contributed by atoms with E-state index < -0.39 is 14.9 Å². The summed E-state index contributed by atoms with van der Waals surface area (Å²) in [5.74, 6) is 1.31. The van der Waals surface area contributed by atoms with Crippen LogP contribution in [-0.4, -0.2) is 44.6 Å². The van der Waals surface area contributed by atoms with Crippen LogP contribution in [0.1, 0.15) is 30.9 Å². The van der Waals surface area contributed by atoms with Crippen molar-refractivity contribution in [2.45, 2.75) is 38.1 Å². The molecule has 3 N–H and O–H groups in total. The van der Waals surface area contributed by atoms with Crippen molar-refractivity contribution in [1.29, 1.82) is 0 Å². The van der Waals surface area contributed by atoms with Crippen LogP contribution in [-0.2, 0) is 29.4 Å². The van der Waals surface area contributed by atoms with Gasteiger partial charge < -0.3 is 15.2 Å². The number of sulfonamides is 1. The van der Waals surface area contributed by atoms with Gasteiger partial charge >= 0.3 is 0 Å². The van der Waals surface area contributed by atoms with Gasteiger partial charge in [0.05, 0.1) is 15.5 Å². The molecule has 11 nitrogen and oxygen atoms in total. The predicted molar refractivity (Wildman–Crippen MR) is 112 cm³/mol. The van der Waals surface area contributed by atoms with Gasteiger partial charge in [-0.15, -0.1) is 0 Å². The van der Waals surface area contributed by atoms with E-state index in [1.54, 1.807) is 7.05 Å². The van der Waals surface area contributed by atoms with Gasteiger partial charge in [-0.05, 0) is 12.5 Å². The summed E-state index contributed by atoms with van der Waals surface area (Å²) in [6.07, 6.45) is 1.49. The number of guanidine groups is 1. The first-order chi connectivity index (χ1) is 14.3. The van der Waals surface area contributed by atoms with Crippen LogP contribution in [0.3, 0.4) is 0 Å². The summed E-state index contributed by atoms with van der Waals surface area (Å²) in [6.45, 7) is 4.80. The van der Waals surface area contributed by atoms with E-state index in [0.717, 1.165) is 35.9 Å². The molecule has 0 aliphatic heterocycles. The van der Waals surface area contributed by atoms with E-state index in [1.807, 2.05) is 13.8 Å². The summed E-state index contributed by atoms with van der Waals surface area (Å²) in [7, 11) is -2.25. The SMILES string of the molecule is CCc1noc(CC)c1CNC(=NC)NCCNS(=O)(=O)c1cccc([N+](=O)[O-])c1. The van der Waals surface area contributed by atoms with Crippen LogP contribution in [0.4, 0.5) is 5.69 Å². The molecule has 0 fully saturated rings. The molecule has 164 valence electrons. The largest absolute Gasteiger partial charge is 0.361 e. The van der Waals surface area contributed by atoms with E-state index in [4.69, 9.17) is 4.52 Å². The number of nitro benzene ring substituents is 1. The van der Waals surface area contributed by atoms with Gasteiger partial charge in [-0.3, -0.25) is 15.1 Å². The molecule has 12 heteroatoms. The van der Waals surface area contributed by atoms with E-state index in [-0.39, 0.29) is 23.7 Å². The van der Waals surface area contributed by atoms with Crippen LogP contribution >= 0.6 is 0 Å². The highest BCUT2D eigenvalue weighted by molar-refractivity contribution is 7.89. The fourth-order valence-electron chi connectivity index (χ4n) is 2.74. The molecule has 1 aromatic carbocycles. The van der Waals surface area contributed by atoms with Crippen molar-refractivity contribution < 1.29 is 17.9 Å². The maximum Gasteiger partial charge on any atom is 0.270 e. The van der Waals surface area contributed by atoms with Crippen molar-refractivity contribution in [2.24, 2.45) is 4.99 Å². The van der Waals surface area contributed by atoms with Gasteiger partial charge in [-0.1, -0.05) is 25.1 Å². The molecule has 0 aliphatic rings. The zero-order valence-electron chi connectivity index (χ0n) is 17.1. The number of hydrogen-bond donors (Lipinski definition) is 3. The summed E-state index contributed by atoms with van der Waals surface area (Å²) in [6, 6.07) is 4.89. The number of nitrogens with one attached hydrogen (secondary N) is 3. The highest BCUT2D eigenvalue weighted by Gasteiger charge is 2.17. The molecular formula is C18H26N6O5S. The molecular weight excluding hydrogens is 412 g/mol. The van der Waals surface area contributed by atoms with Gasteiger partial charge in [0.2, 0.25) is 10.0 Å². The lowest BCUT2D eigenvalue weighted by molar-refractivity contribution is -0.385. The summed E-state index contributed by atoms with van der Waals surface area (Å²) in [4.78, 5) is 14.1. The lowest BCUT2D eigenvalue weighted by atomic mass is 10.1. The Bertz CT molecular complexity index is 981. The average Bonchev–Trinajstić information content (AvgIpc) is 3.15. The number of rotatable bonds is 10. The van der Waals surface area contributed by atoms with Gasteiger partial charge in [-0.25, -0.2) is 13.1 Å². The van der Waals surface area contributed by atoms with Crippen LogP contribution in [0, 0.1) is 10.1 Å². The van der Waals surface area contributed by atoms with E-state index in [2.05, 4.69) is 25.5 Å². The number of hydrogen-bond acceptors (Lipinski definition) is 7. The first-order valence-electron chi connectivity index (χ1n) is 9.47. The Kier molecular flexibility index (Phi) is 8.30. The van der Waals surface area contributed by atoms with Gasteiger partial charge in [0.15, 0.2) is 5.96 Å². The van der Waals surface area contributed by atoms with E-state index in [9.17, 15) is 18.5 Å². The second-order valence-electron chi connectivity index (χ2n) is 6.24. The molecule has 1 heterocycles. The fourth-order valence-corrected chi connectivity index (χ4v) is 3.82. The summed E-state index contributed by atoms with van der Waals surface area (Å²) in [5.41, 5.74) is 1.60. The van der Waals surface area contributed by atoms with Gasteiger partial charge in [0, 0.05) is 50.8 Å². The second-order valence-corrected chi connectivity index (χ2v) is 8.01. The molecule has 0 unspecified atom stereocenters. The van der Waals surface area contributed by atoms with Crippen molar-refractivity contribution >= 4 is 21.7 Å². The molecule has 2 rings (SSSR count). The molecule has 0 spiro atoms. The van der Waals surface area contributed by atoms with Gasteiger partial charge in [0.25, 0.3) is 5.69 Å². The molecule has 2 aromatic rings. The second kappa shape index (κ2) is 10.7. The Hall–Kier alpha value is -2.99. The first kappa shape index (κ1) is 23.3. The standard InChI is InChI=1S/C18H26N6O5S/c1-4-16-15(17(5-2)29-23-16)12-21-18(19-3)20-9-10-22-30(27,28)14-8-6-7-13(11-14)24(25)26/h6-8,11,22H,4-5,9-10,12H2,1-3H3,(H2,19,20,21). The van der Waals surface area contributed by atoms with Crippen molar-refractivity contribution in [3.63, 3.8) is 0 Å². The number of aliphatic imine (C=N–C) groups is 1. The Labute approximate surface area is 175 Å². The lowest BCUT2D eigenvalue weighted by Crippen LogP contribution is -2.41. The first-order valence-corrected chi connectivity index (χ1v) is 11.0.